The van der Waals surface area contributed by atoms with Crippen molar-refractivity contribution in [3.8, 4) is 5.75 Å². The van der Waals surface area contributed by atoms with Crippen molar-refractivity contribution in [1.29, 1.82) is 0 Å². The molecule has 4 rings (SSSR count). The number of carboxylic acid groups (broad SMARTS) is 1. The first kappa shape index (κ1) is 21.9. The lowest BCUT2D eigenvalue weighted by Gasteiger charge is -2.27. The first-order valence-corrected chi connectivity index (χ1v) is 11.1. The number of hydrogen-bond donors (Lipinski definition) is 1. The highest BCUT2D eigenvalue weighted by Crippen LogP contribution is 2.35. The van der Waals surface area contributed by atoms with Gasteiger partial charge in [-0.25, -0.2) is 4.79 Å². The van der Waals surface area contributed by atoms with Gasteiger partial charge >= 0.3 is 5.97 Å². The lowest BCUT2D eigenvalue weighted by atomic mass is 10.0. The van der Waals surface area contributed by atoms with Crippen LogP contribution in [0.25, 0.3) is 0 Å². The van der Waals surface area contributed by atoms with E-state index in [4.69, 9.17) is 9.47 Å². The first-order valence-electron chi connectivity index (χ1n) is 11.1. The Morgan fingerprint density at radius 3 is 2.09 bits per heavy atom. The number of aryl methyl sites for hydroxylation is 2. The summed E-state index contributed by atoms with van der Waals surface area (Å²) >= 11 is 0. The van der Waals surface area contributed by atoms with Crippen molar-refractivity contribution in [1.82, 2.24) is 0 Å². The molecule has 0 spiro atoms. The molecule has 0 aromatic heterocycles. The normalized spacial score (nSPS) is 13.6. The molecule has 1 atom stereocenters. The van der Waals surface area contributed by atoms with Gasteiger partial charge in [-0.2, -0.15) is 0 Å². The maximum absolute atomic E-state index is 11.3. The minimum atomic E-state index is -0.940. The van der Waals surface area contributed by atoms with Gasteiger partial charge in [0.2, 0.25) is 0 Å². The highest BCUT2D eigenvalue weighted by molar-refractivity contribution is 5.73. The summed E-state index contributed by atoms with van der Waals surface area (Å²) in [6.45, 7) is 3.45. The Labute approximate surface area is 189 Å². The standard InChI is InChI=1S/C27H29NO4/c1-2-31-26(27(29)30)19-20-11-15-23(16-12-20)32-18-17-28-24-9-5-3-7-21(24)13-14-22-8-4-6-10-25(22)28/h3-12,15-16,26H,2,13-14,17-19H2,1H3,(H,29,30). The SMILES string of the molecule is CCOC(Cc1ccc(OCCN2c3ccccc3CCc3ccccc32)cc1)C(=O)O. The molecule has 3 aromatic carbocycles. The van der Waals surface area contributed by atoms with E-state index in [1.807, 2.05) is 24.3 Å². The number of carbonyl (C=O) groups is 1. The number of fused-ring (bicyclic) bond motifs is 2. The van der Waals surface area contributed by atoms with E-state index in [9.17, 15) is 9.90 Å². The summed E-state index contributed by atoms with van der Waals surface area (Å²) in [6, 6.07) is 24.8. The van der Waals surface area contributed by atoms with Gasteiger partial charge in [-0.05, 0) is 60.7 Å². The average molecular weight is 432 g/mol. The van der Waals surface area contributed by atoms with Crippen LogP contribution in [0.2, 0.25) is 0 Å². The van der Waals surface area contributed by atoms with Gasteiger partial charge in [0.1, 0.15) is 12.4 Å². The van der Waals surface area contributed by atoms with Gasteiger partial charge in [-0.1, -0.05) is 48.5 Å². The molecule has 1 aliphatic heterocycles. The number of anilines is 2. The third kappa shape index (κ3) is 5.11. The minimum Gasteiger partial charge on any atom is -0.492 e. The number of para-hydroxylation sites is 2. The first-order chi connectivity index (χ1) is 15.7. The Kier molecular flexibility index (Phi) is 7.07. The smallest absolute Gasteiger partial charge is 0.333 e. The Bertz CT molecular complexity index is 1000. The summed E-state index contributed by atoms with van der Waals surface area (Å²) in [5, 5.41) is 9.27. The molecular weight excluding hydrogens is 402 g/mol. The zero-order valence-corrected chi connectivity index (χ0v) is 18.4. The zero-order chi connectivity index (χ0) is 22.3. The molecule has 5 heteroatoms. The third-order valence-corrected chi connectivity index (χ3v) is 5.80. The fraction of sp³-hybridized carbons (Fsp3) is 0.296. The molecule has 0 fully saturated rings. The predicted octanol–water partition coefficient (Wildman–Crippen LogP) is 5.03. The number of benzene rings is 3. The lowest BCUT2D eigenvalue weighted by Crippen LogP contribution is -2.26. The second kappa shape index (κ2) is 10.3. The van der Waals surface area contributed by atoms with Crippen molar-refractivity contribution in [3.05, 3.63) is 89.5 Å². The van der Waals surface area contributed by atoms with Gasteiger partial charge in [0.05, 0.1) is 6.54 Å². The Morgan fingerprint density at radius 1 is 0.938 bits per heavy atom. The highest BCUT2D eigenvalue weighted by Gasteiger charge is 2.20. The molecule has 0 bridgehead atoms. The van der Waals surface area contributed by atoms with E-state index in [1.165, 1.54) is 22.5 Å². The van der Waals surface area contributed by atoms with Crippen LogP contribution in [0.15, 0.2) is 72.8 Å². The van der Waals surface area contributed by atoms with Gasteiger partial charge in [0.15, 0.2) is 6.10 Å². The molecule has 0 amide bonds. The molecule has 32 heavy (non-hydrogen) atoms. The van der Waals surface area contributed by atoms with Crippen molar-refractivity contribution >= 4 is 17.3 Å². The Balaban J connectivity index is 1.42. The summed E-state index contributed by atoms with van der Waals surface area (Å²) in [6.07, 6.45) is 1.58. The summed E-state index contributed by atoms with van der Waals surface area (Å²) in [5.41, 5.74) is 6.11. The molecule has 0 aliphatic carbocycles. The van der Waals surface area contributed by atoms with Crippen LogP contribution in [0.5, 0.6) is 5.75 Å². The second-order valence-electron chi connectivity index (χ2n) is 7.89. The van der Waals surface area contributed by atoms with Crippen molar-refractivity contribution in [2.45, 2.75) is 32.3 Å². The van der Waals surface area contributed by atoms with E-state index in [0.29, 0.717) is 19.6 Å². The largest absolute Gasteiger partial charge is 0.492 e. The maximum Gasteiger partial charge on any atom is 0.333 e. The van der Waals surface area contributed by atoms with Crippen LogP contribution < -0.4 is 9.64 Å². The number of carboxylic acids is 1. The highest BCUT2D eigenvalue weighted by atomic mass is 16.5. The quantitative estimate of drug-likeness (QED) is 0.515. The van der Waals surface area contributed by atoms with E-state index in [2.05, 4.69) is 53.4 Å². The third-order valence-electron chi connectivity index (χ3n) is 5.80. The number of hydrogen-bond acceptors (Lipinski definition) is 4. The fourth-order valence-corrected chi connectivity index (χ4v) is 4.22. The molecule has 0 saturated carbocycles. The number of ether oxygens (including phenoxy) is 2. The minimum absolute atomic E-state index is 0.338. The molecular formula is C27H29NO4. The van der Waals surface area contributed by atoms with E-state index in [0.717, 1.165) is 30.7 Å². The molecule has 1 aliphatic rings. The topological polar surface area (TPSA) is 59.0 Å². The van der Waals surface area contributed by atoms with Crippen molar-refractivity contribution in [2.75, 3.05) is 24.7 Å². The molecule has 166 valence electrons. The predicted molar refractivity (Wildman–Crippen MR) is 126 cm³/mol. The van der Waals surface area contributed by atoms with Crippen LogP contribution in [0.3, 0.4) is 0 Å². The van der Waals surface area contributed by atoms with Crippen LogP contribution in [-0.2, 0) is 28.8 Å². The van der Waals surface area contributed by atoms with Crippen LogP contribution >= 0.6 is 0 Å². The summed E-state index contributed by atoms with van der Waals surface area (Å²) in [4.78, 5) is 13.7. The van der Waals surface area contributed by atoms with Crippen molar-refractivity contribution in [3.63, 3.8) is 0 Å². The number of aliphatic carboxylic acids is 1. The Hall–Kier alpha value is -3.31. The van der Waals surface area contributed by atoms with Crippen LogP contribution in [-0.4, -0.2) is 36.9 Å². The van der Waals surface area contributed by atoms with Crippen LogP contribution in [0.4, 0.5) is 11.4 Å². The van der Waals surface area contributed by atoms with Gasteiger partial charge in [0.25, 0.3) is 0 Å². The van der Waals surface area contributed by atoms with Crippen molar-refractivity contribution < 1.29 is 19.4 Å². The van der Waals surface area contributed by atoms with Gasteiger partial charge < -0.3 is 19.5 Å². The molecule has 3 aromatic rings. The molecule has 1 heterocycles. The van der Waals surface area contributed by atoms with E-state index >= 15 is 0 Å². The van der Waals surface area contributed by atoms with Crippen molar-refractivity contribution in [2.24, 2.45) is 0 Å². The molecule has 0 saturated heterocycles. The molecule has 5 nitrogen and oxygen atoms in total. The summed E-state index contributed by atoms with van der Waals surface area (Å²) in [7, 11) is 0. The number of rotatable bonds is 9. The monoisotopic (exact) mass is 431 g/mol. The zero-order valence-electron chi connectivity index (χ0n) is 18.4. The Morgan fingerprint density at radius 2 is 1.53 bits per heavy atom. The van der Waals surface area contributed by atoms with E-state index in [-0.39, 0.29) is 0 Å². The summed E-state index contributed by atoms with van der Waals surface area (Å²) in [5.74, 6) is -0.168. The average Bonchev–Trinajstić information content (AvgIpc) is 2.97. The van der Waals surface area contributed by atoms with E-state index < -0.39 is 12.1 Å². The lowest BCUT2D eigenvalue weighted by molar-refractivity contribution is -0.149. The van der Waals surface area contributed by atoms with Gasteiger partial charge in [-0.15, -0.1) is 0 Å². The molecule has 1 unspecified atom stereocenters. The fourth-order valence-electron chi connectivity index (χ4n) is 4.22. The molecule has 0 radical (unpaired) electrons. The molecule has 1 N–H and O–H groups in total. The maximum atomic E-state index is 11.3. The number of nitrogens with zero attached hydrogens (tertiary/aromatic N) is 1. The van der Waals surface area contributed by atoms with Gasteiger partial charge in [-0.3, -0.25) is 0 Å². The summed E-state index contributed by atoms with van der Waals surface area (Å²) < 4.78 is 11.3. The van der Waals surface area contributed by atoms with E-state index in [1.54, 1.807) is 6.92 Å². The van der Waals surface area contributed by atoms with Crippen LogP contribution in [0, 0.1) is 0 Å². The second-order valence-corrected chi connectivity index (χ2v) is 7.89. The van der Waals surface area contributed by atoms with Gasteiger partial charge in [0, 0.05) is 24.4 Å². The van der Waals surface area contributed by atoms with Crippen LogP contribution in [0.1, 0.15) is 23.6 Å².